The van der Waals surface area contributed by atoms with E-state index in [4.69, 9.17) is 13.7 Å². The second-order valence-electron chi connectivity index (χ2n) is 13.4. The third kappa shape index (κ3) is 5.88. The Balaban J connectivity index is 1.71. The third-order valence-corrected chi connectivity index (χ3v) is 11.8. The number of carbonyl (C=O) groups excluding carboxylic acids is 2. The van der Waals surface area contributed by atoms with Crippen LogP contribution in [0.4, 0.5) is 0 Å². The molecule has 4 saturated carbocycles. The zero-order chi connectivity index (χ0) is 28.9. The Morgan fingerprint density at radius 2 is 1.64 bits per heavy atom. The molecule has 0 aliphatic heterocycles. The van der Waals surface area contributed by atoms with Crippen LogP contribution < -0.4 is 0 Å². The lowest BCUT2D eigenvalue weighted by atomic mass is 9.43. The Morgan fingerprint density at radius 3 is 2.23 bits per heavy atom. The summed E-state index contributed by atoms with van der Waals surface area (Å²) in [6.45, 7) is 9.50. The number of hydrogen-bond acceptors (Lipinski definition) is 8. The normalized spacial score (nSPS) is 42.4. The standard InChI is InChI=1S/C29H46O9S/c1-16(7-10-26(32)33)21-8-9-22-27-23(15-25(29(21,22)5)37-18(3)31)28(4)12-11-20(38-39(6,34)35)13-19(28)14-24(27)36-17(2)30/h16,19-25,27H,7-15H2,1-6H3,(H,32,33)/t16-,19+,20-,21-,22+,23+,24-,25+,27+,28+,29-/m1/s1. The second-order valence-corrected chi connectivity index (χ2v) is 15.0. The minimum atomic E-state index is -3.58. The first-order valence-electron chi connectivity index (χ1n) is 14.5. The molecule has 9 nitrogen and oxygen atoms in total. The van der Waals surface area contributed by atoms with E-state index in [1.165, 1.54) is 13.8 Å². The van der Waals surface area contributed by atoms with Crippen molar-refractivity contribution in [1.29, 1.82) is 0 Å². The maximum Gasteiger partial charge on any atom is 0.303 e. The van der Waals surface area contributed by atoms with Crippen LogP contribution in [0.2, 0.25) is 0 Å². The van der Waals surface area contributed by atoms with Crippen LogP contribution in [0, 0.1) is 46.3 Å². The van der Waals surface area contributed by atoms with Gasteiger partial charge in [0.15, 0.2) is 0 Å². The largest absolute Gasteiger partial charge is 0.481 e. The number of carbonyl (C=O) groups is 3. The average molecular weight is 571 g/mol. The van der Waals surface area contributed by atoms with Crippen LogP contribution in [0.1, 0.15) is 92.4 Å². The maximum atomic E-state index is 12.4. The molecule has 0 aromatic rings. The number of rotatable bonds is 8. The fourth-order valence-electron chi connectivity index (χ4n) is 9.66. The van der Waals surface area contributed by atoms with Crippen LogP contribution in [0.15, 0.2) is 0 Å². The number of esters is 2. The van der Waals surface area contributed by atoms with Crippen LogP contribution in [-0.4, -0.2) is 56.0 Å². The second kappa shape index (κ2) is 11.0. The maximum absolute atomic E-state index is 12.4. The Bertz CT molecular complexity index is 1070. The highest BCUT2D eigenvalue weighted by molar-refractivity contribution is 7.86. The van der Waals surface area contributed by atoms with Crippen LogP contribution in [-0.2, 0) is 38.2 Å². The van der Waals surface area contributed by atoms with E-state index in [0.717, 1.165) is 25.5 Å². The summed E-state index contributed by atoms with van der Waals surface area (Å²) < 4.78 is 41.4. The van der Waals surface area contributed by atoms with Crippen molar-refractivity contribution in [2.45, 2.75) is 111 Å². The van der Waals surface area contributed by atoms with E-state index in [1.807, 2.05) is 0 Å². The molecule has 4 aliphatic rings. The van der Waals surface area contributed by atoms with E-state index >= 15 is 0 Å². The van der Waals surface area contributed by atoms with Crippen molar-refractivity contribution >= 4 is 28.0 Å². The molecule has 0 heterocycles. The van der Waals surface area contributed by atoms with Crippen LogP contribution in [0.3, 0.4) is 0 Å². The van der Waals surface area contributed by atoms with Gasteiger partial charge in [0.25, 0.3) is 10.1 Å². The first kappa shape index (κ1) is 30.3. The number of fused-ring (bicyclic) bond motifs is 5. The van der Waals surface area contributed by atoms with Gasteiger partial charge in [-0.3, -0.25) is 18.6 Å². The summed E-state index contributed by atoms with van der Waals surface area (Å²) in [6, 6.07) is 0. The molecule has 0 spiro atoms. The van der Waals surface area contributed by atoms with Crippen LogP contribution in [0.25, 0.3) is 0 Å². The van der Waals surface area contributed by atoms with Gasteiger partial charge in [-0.1, -0.05) is 20.8 Å². The number of aliphatic carboxylic acids is 1. The van der Waals surface area contributed by atoms with Gasteiger partial charge in [-0.25, -0.2) is 0 Å². The molecule has 222 valence electrons. The van der Waals surface area contributed by atoms with Gasteiger partial charge < -0.3 is 14.6 Å². The minimum absolute atomic E-state index is 0.0935. The molecule has 4 fully saturated rings. The van der Waals surface area contributed by atoms with E-state index in [9.17, 15) is 27.9 Å². The van der Waals surface area contributed by atoms with Crippen molar-refractivity contribution < 1.29 is 41.6 Å². The van der Waals surface area contributed by atoms with Gasteiger partial charge in [-0.15, -0.1) is 0 Å². The fourth-order valence-corrected chi connectivity index (χ4v) is 10.3. The molecule has 0 bridgehead atoms. The Labute approximate surface area is 232 Å². The minimum Gasteiger partial charge on any atom is -0.481 e. The number of ether oxygens (including phenoxy) is 2. The van der Waals surface area contributed by atoms with Crippen molar-refractivity contribution in [3.63, 3.8) is 0 Å². The highest BCUT2D eigenvalue weighted by atomic mass is 32.2. The molecule has 1 N–H and O–H groups in total. The van der Waals surface area contributed by atoms with E-state index in [-0.39, 0.29) is 76.9 Å². The predicted molar refractivity (Wildman–Crippen MR) is 143 cm³/mol. The molecule has 0 radical (unpaired) electrons. The molecule has 10 heteroatoms. The summed E-state index contributed by atoms with van der Waals surface area (Å²) in [6.07, 6.45) is 5.89. The molecule has 0 aromatic heterocycles. The summed E-state index contributed by atoms with van der Waals surface area (Å²) in [7, 11) is -3.58. The van der Waals surface area contributed by atoms with Crippen molar-refractivity contribution in [1.82, 2.24) is 0 Å². The molecular weight excluding hydrogens is 524 g/mol. The van der Waals surface area contributed by atoms with E-state index < -0.39 is 22.2 Å². The van der Waals surface area contributed by atoms with Gasteiger partial charge in [-0.2, -0.15) is 8.42 Å². The number of hydrogen-bond donors (Lipinski definition) is 1. The van der Waals surface area contributed by atoms with E-state index in [1.54, 1.807) is 0 Å². The monoisotopic (exact) mass is 570 g/mol. The first-order valence-corrected chi connectivity index (χ1v) is 16.3. The molecule has 0 aromatic carbocycles. The van der Waals surface area contributed by atoms with Gasteiger partial charge in [0.2, 0.25) is 0 Å². The third-order valence-electron chi connectivity index (χ3n) is 11.2. The number of carboxylic acid groups (broad SMARTS) is 1. The molecule has 4 aliphatic carbocycles. The Kier molecular flexibility index (Phi) is 8.50. The van der Waals surface area contributed by atoms with Crippen LogP contribution >= 0.6 is 0 Å². The topological polar surface area (TPSA) is 133 Å². The molecule has 0 saturated heterocycles. The summed E-state index contributed by atoms with van der Waals surface area (Å²) in [5, 5.41) is 9.31. The molecule has 0 amide bonds. The van der Waals surface area contributed by atoms with E-state index in [2.05, 4.69) is 20.8 Å². The zero-order valence-electron chi connectivity index (χ0n) is 24.2. The molecule has 11 atom stereocenters. The molecule has 39 heavy (non-hydrogen) atoms. The molecular formula is C29H46O9S. The summed E-state index contributed by atoms with van der Waals surface area (Å²) >= 11 is 0. The van der Waals surface area contributed by atoms with Crippen LogP contribution in [0.5, 0.6) is 0 Å². The van der Waals surface area contributed by atoms with E-state index in [0.29, 0.717) is 32.1 Å². The Morgan fingerprint density at radius 1 is 0.974 bits per heavy atom. The highest BCUT2D eigenvalue weighted by Gasteiger charge is 2.67. The average Bonchev–Trinajstić information content (AvgIpc) is 3.15. The van der Waals surface area contributed by atoms with Gasteiger partial charge in [0.05, 0.1) is 12.4 Å². The van der Waals surface area contributed by atoms with Crippen molar-refractivity contribution in [2.75, 3.05) is 6.26 Å². The fraction of sp³-hybridized carbons (Fsp3) is 0.897. The first-order chi connectivity index (χ1) is 18.1. The van der Waals surface area contributed by atoms with Gasteiger partial charge in [0, 0.05) is 31.6 Å². The summed E-state index contributed by atoms with van der Waals surface area (Å²) in [4.78, 5) is 36.1. The van der Waals surface area contributed by atoms with Crippen molar-refractivity contribution in [2.24, 2.45) is 46.3 Å². The highest BCUT2D eigenvalue weighted by Crippen LogP contribution is 2.69. The predicted octanol–water partition coefficient (Wildman–Crippen LogP) is 4.57. The van der Waals surface area contributed by atoms with Crippen molar-refractivity contribution in [3.8, 4) is 0 Å². The number of carboxylic acids is 1. The van der Waals surface area contributed by atoms with Gasteiger partial charge in [-0.05, 0) is 86.4 Å². The smallest absolute Gasteiger partial charge is 0.303 e. The summed E-state index contributed by atoms with van der Waals surface area (Å²) in [5.74, 6) is -0.618. The van der Waals surface area contributed by atoms with Gasteiger partial charge >= 0.3 is 17.9 Å². The molecule has 4 rings (SSSR count). The lowest BCUT2D eigenvalue weighted by Crippen LogP contribution is -2.63. The van der Waals surface area contributed by atoms with Crippen molar-refractivity contribution in [3.05, 3.63) is 0 Å². The lowest BCUT2D eigenvalue weighted by molar-refractivity contribution is -0.222. The SMILES string of the molecule is CC(=O)O[C@H]1C[C@H]2[C@@H]([C@H](OC(C)=O)C[C@@H]3C[C@H](OS(C)(=O)=O)CC[C@@]32C)[C@@H]2CC[C@H]([C@H](C)CCC(=O)O)[C@@]12C. The quantitative estimate of drug-likeness (QED) is 0.329. The lowest BCUT2D eigenvalue weighted by Gasteiger charge is -2.64. The van der Waals surface area contributed by atoms with Gasteiger partial charge in [0.1, 0.15) is 12.2 Å². The molecule has 0 unspecified atom stereocenters. The zero-order valence-corrected chi connectivity index (χ0v) is 25.0. The Hall–Kier alpha value is -1.68. The summed E-state index contributed by atoms with van der Waals surface area (Å²) in [5.41, 5.74) is -0.492.